The minimum Gasteiger partial charge on any atom is -0.507 e. The summed E-state index contributed by atoms with van der Waals surface area (Å²) in [5.74, 6) is 1.10. The summed E-state index contributed by atoms with van der Waals surface area (Å²) in [6.07, 6.45) is 0. The van der Waals surface area contributed by atoms with E-state index in [9.17, 15) is 5.11 Å². The predicted molar refractivity (Wildman–Crippen MR) is 81.6 cm³/mol. The van der Waals surface area contributed by atoms with Crippen LogP contribution >= 0.6 is 0 Å². The highest BCUT2D eigenvalue weighted by molar-refractivity contribution is 5.71. The molecule has 0 bridgehead atoms. The number of phenolic OH excluding ortho intramolecular Hbond substituents is 1. The topological polar surface area (TPSA) is 58.5 Å². The smallest absolute Gasteiger partial charge is 0.151 e. The van der Waals surface area contributed by atoms with Gasteiger partial charge in [0.15, 0.2) is 5.82 Å². The van der Waals surface area contributed by atoms with E-state index in [1.54, 1.807) is 6.07 Å². The molecule has 1 fully saturated rings. The van der Waals surface area contributed by atoms with Crippen molar-refractivity contribution in [1.82, 2.24) is 10.2 Å². The highest BCUT2D eigenvalue weighted by atomic mass is 16.5. The van der Waals surface area contributed by atoms with E-state index in [-0.39, 0.29) is 5.75 Å². The zero-order valence-corrected chi connectivity index (χ0v) is 12.3. The second-order valence-electron chi connectivity index (χ2n) is 5.35. The zero-order chi connectivity index (χ0) is 14.8. The van der Waals surface area contributed by atoms with Crippen LogP contribution in [0, 0.1) is 13.8 Å². The maximum atomic E-state index is 10.1. The molecule has 2 heterocycles. The summed E-state index contributed by atoms with van der Waals surface area (Å²) in [5, 5.41) is 18.7. The van der Waals surface area contributed by atoms with Crippen LogP contribution in [0.1, 0.15) is 11.1 Å². The molecule has 110 valence electrons. The fourth-order valence-electron chi connectivity index (χ4n) is 2.70. The Balaban J connectivity index is 1.90. The van der Waals surface area contributed by atoms with Crippen LogP contribution in [0.2, 0.25) is 0 Å². The number of ether oxygens (including phenoxy) is 1. The Morgan fingerprint density at radius 1 is 1.10 bits per heavy atom. The van der Waals surface area contributed by atoms with E-state index >= 15 is 0 Å². The van der Waals surface area contributed by atoms with Crippen LogP contribution in [0.5, 0.6) is 5.75 Å². The van der Waals surface area contributed by atoms with E-state index in [1.165, 1.54) is 0 Å². The minimum absolute atomic E-state index is 0.251. The summed E-state index contributed by atoms with van der Waals surface area (Å²) in [5.41, 5.74) is 3.48. The van der Waals surface area contributed by atoms with Crippen molar-refractivity contribution in [2.45, 2.75) is 13.8 Å². The molecule has 5 nitrogen and oxygen atoms in total. The van der Waals surface area contributed by atoms with Crippen molar-refractivity contribution in [3.05, 3.63) is 35.4 Å². The third-order valence-electron chi connectivity index (χ3n) is 3.70. The standard InChI is InChI=1S/C16H19N3O2/c1-11-9-12(2)16(14(20)10-11)13-3-4-15(18-17-13)19-5-7-21-8-6-19/h3-4,9-10,20H,5-8H2,1-2H3. The van der Waals surface area contributed by atoms with Gasteiger partial charge in [0.05, 0.1) is 18.9 Å². The number of hydrogen-bond acceptors (Lipinski definition) is 5. The lowest BCUT2D eigenvalue weighted by atomic mass is 10.0. The monoisotopic (exact) mass is 285 g/mol. The largest absolute Gasteiger partial charge is 0.507 e. The number of aromatic hydroxyl groups is 1. The van der Waals surface area contributed by atoms with Crippen molar-refractivity contribution in [3.63, 3.8) is 0 Å². The number of morpholine rings is 1. The van der Waals surface area contributed by atoms with E-state index in [4.69, 9.17) is 4.74 Å². The molecule has 1 aliphatic heterocycles. The molecule has 0 amide bonds. The molecule has 2 aromatic rings. The Bertz CT molecular complexity index is 611. The predicted octanol–water partition coefficient (Wildman–Crippen LogP) is 2.30. The number of phenols is 1. The lowest BCUT2D eigenvalue weighted by molar-refractivity contribution is 0.122. The molecule has 1 aliphatic rings. The van der Waals surface area contributed by atoms with Crippen molar-refractivity contribution in [2.75, 3.05) is 31.2 Å². The quantitative estimate of drug-likeness (QED) is 0.917. The summed E-state index contributed by atoms with van der Waals surface area (Å²) >= 11 is 0. The van der Waals surface area contributed by atoms with E-state index in [0.29, 0.717) is 5.69 Å². The molecule has 21 heavy (non-hydrogen) atoms. The normalized spacial score (nSPS) is 15.2. The van der Waals surface area contributed by atoms with Gasteiger partial charge >= 0.3 is 0 Å². The van der Waals surface area contributed by atoms with Crippen molar-refractivity contribution < 1.29 is 9.84 Å². The first-order chi connectivity index (χ1) is 10.1. The highest BCUT2D eigenvalue weighted by Gasteiger charge is 2.15. The molecule has 5 heteroatoms. The van der Waals surface area contributed by atoms with Gasteiger partial charge in [0.1, 0.15) is 5.75 Å². The van der Waals surface area contributed by atoms with Crippen molar-refractivity contribution in [3.8, 4) is 17.0 Å². The molecular weight excluding hydrogens is 266 g/mol. The molecular formula is C16H19N3O2. The second kappa shape index (κ2) is 5.69. The van der Waals surface area contributed by atoms with Crippen LogP contribution in [0.15, 0.2) is 24.3 Å². The summed E-state index contributed by atoms with van der Waals surface area (Å²) in [7, 11) is 0. The molecule has 0 spiro atoms. The SMILES string of the molecule is Cc1cc(C)c(-c2ccc(N3CCOCC3)nn2)c(O)c1. The number of nitrogens with zero attached hydrogens (tertiary/aromatic N) is 3. The number of aromatic nitrogens is 2. The maximum Gasteiger partial charge on any atom is 0.151 e. The van der Waals surface area contributed by atoms with Crippen LogP contribution in [0.25, 0.3) is 11.3 Å². The Morgan fingerprint density at radius 3 is 2.48 bits per heavy atom. The summed E-state index contributed by atoms with van der Waals surface area (Å²) in [4.78, 5) is 2.15. The van der Waals surface area contributed by atoms with Crippen LogP contribution in [0.4, 0.5) is 5.82 Å². The Morgan fingerprint density at radius 2 is 1.86 bits per heavy atom. The van der Waals surface area contributed by atoms with E-state index < -0.39 is 0 Å². The minimum atomic E-state index is 0.251. The van der Waals surface area contributed by atoms with Gasteiger partial charge in [-0.3, -0.25) is 0 Å². The molecule has 1 saturated heterocycles. The first-order valence-electron chi connectivity index (χ1n) is 7.12. The average Bonchev–Trinajstić information content (AvgIpc) is 2.48. The first kappa shape index (κ1) is 13.8. The zero-order valence-electron chi connectivity index (χ0n) is 12.3. The molecule has 3 rings (SSSR count). The molecule has 1 aromatic carbocycles. The third kappa shape index (κ3) is 2.83. The van der Waals surface area contributed by atoms with Crippen molar-refractivity contribution in [2.24, 2.45) is 0 Å². The van der Waals surface area contributed by atoms with Crippen LogP contribution in [-0.2, 0) is 4.74 Å². The summed E-state index contributed by atoms with van der Waals surface area (Å²) in [6, 6.07) is 7.65. The first-order valence-corrected chi connectivity index (χ1v) is 7.12. The van der Waals surface area contributed by atoms with Crippen LogP contribution in [-0.4, -0.2) is 41.6 Å². The highest BCUT2D eigenvalue weighted by Crippen LogP contribution is 2.32. The Hall–Kier alpha value is -2.14. The fraction of sp³-hybridized carbons (Fsp3) is 0.375. The number of aryl methyl sites for hydroxylation is 2. The van der Waals surface area contributed by atoms with Gasteiger partial charge in [-0.1, -0.05) is 6.07 Å². The van der Waals surface area contributed by atoms with Crippen molar-refractivity contribution >= 4 is 5.82 Å². The van der Waals surface area contributed by atoms with Crippen LogP contribution < -0.4 is 4.90 Å². The lowest BCUT2D eigenvalue weighted by Gasteiger charge is -2.27. The van der Waals surface area contributed by atoms with E-state index in [1.807, 2.05) is 32.0 Å². The number of rotatable bonds is 2. The Kier molecular flexibility index (Phi) is 3.75. The van der Waals surface area contributed by atoms with Gasteiger partial charge in [-0.2, -0.15) is 0 Å². The van der Waals surface area contributed by atoms with Gasteiger partial charge in [0.2, 0.25) is 0 Å². The molecule has 0 radical (unpaired) electrons. The third-order valence-corrected chi connectivity index (χ3v) is 3.70. The van der Waals surface area contributed by atoms with Crippen LogP contribution in [0.3, 0.4) is 0 Å². The fourth-order valence-corrected chi connectivity index (χ4v) is 2.70. The average molecular weight is 285 g/mol. The van der Waals surface area contributed by atoms with Gasteiger partial charge in [-0.05, 0) is 43.2 Å². The summed E-state index contributed by atoms with van der Waals surface area (Å²) < 4.78 is 5.33. The molecule has 1 N–H and O–H groups in total. The van der Waals surface area contributed by atoms with Crippen molar-refractivity contribution in [1.29, 1.82) is 0 Å². The molecule has 0 atom stereocenters. The molecule has 0 aliphatic carbocycles. The molecule has 0 unspecified atom stereocenters. The Labute approximate surface area is 124 Å². The number of hydrogen-bond donors (Lipinski definition) is 1. The van der Waals surface area contributed by atoms with Gasteiger partial charge in [-0.15, -0.1) is 10.2 Å². The maximum absolute atomic E-state index is 10.1. The lowest BCUT2D eigenvalue weighted by Crippen LogP contribution is -2.36. The van der Waals surface area contributed by atoms with Gasteiger partial charge in [0, 0.05) is 18.7 Å². The second-order valence-corrected chi connectivity index (χ2v) is 5.35. The van der Waals surface area contributed by atoms with Gasteiger partial charge in [-0.25, -0.2) is 0 Å². The van der Waals surface area contributed by atoms with E-state index in [2.05, 4.69) is 15.1 Å². The van der Waals surface area contributed by atoms with Gasteiger partial charge < -0.3 is 14.7 Å². The van der Waals surface area contributed by atoms with Gasteiger partial charge in [0.25, 0.3) is 0 Å². The molecule has 0 saturated carbocycles. The summed E-state index contributed by atoms with van der Waals surface area (Å²) in [6.45, 7) is 7.05. The van der Waals surface area contributed by atoms with E-state index in [0.717, 1.165) is 48.8 Å². The number of benzene rings is 1. The number of anilines is 1. The molecule has 1 aromatic heterocycles.